The maximum absolute atomic E-state index is 11.4. The number of pyridine rings is 1. The third-order valence-electron chi connectivity index (χ3n) is 3.01. The summed E-state index contributed by atoms with van der Waals surface area (Å²) in [6.45, 7) is 0. The zero-order valence-electron chi connectivity index (χ0n) is 10.6. The smallest absolute Gasteiger partial charge is 0.311 e. The van der Waals surface area contributed by atoms with Crippen LogP contribution >= 0.6 is 0 Å². The maximum atomic E-state index is 11.4. The van der Waals surface area contributed by atoms with Crippen molar-refractivity contribution in [1.29, 1.82) is 0 Å². The fourth-order valence-electron chi connectivity index (χ4n) is 1.94. The molecule has 2 aromatic rings. The van der Waals surface area contributed by atoms with E-state index < -0.39 is 11.9 Å². The molecule has 1 atom stereocenters. The molecular weight excluding hydrogens is 242 g/mol. The lowest BCUT2D eigenvalue weighted by molar-refractivity contribution is -0.138. The Balaban J connectivity index is 2.19. The number of carbonyl (C=O) groups is 1. The van der Waals surface area contributed by atoms with Crippen molar-refractivity contribution >= 4 is 5.97 Å². The third kappa shape index (κ3) is 3.31. The molecule has 0 fully saturated rings. The summed E-state index contributed by atoms with van der Waals surface area (Å²) in [5, 5.41) is 9.34. The van der Waals surface area contributed by atoms with E-state index in [2.05, 4.69) is 4.98 Å². The monoisotopic (exact) mass is 257 g/mol. The second-order valence-corrected chi connectivity index (χ2v) is 4.22. The van der Waals surface area contributed by atoms with E-state index in [9.17, 15) is 9.90 Å². The summed E-state index contributed by atoms with van der Waals surface area (Å²) in [6.07, 6.45) is 3.67. The van der Waals surface area contributed by atoms with Crippen LogP contribution in [0.4, 0.5) is 0 Å². The molecule has 0 saturated heterocycles. The van der Waals surface area contributed by atoms with E-state index in [4.69, 9.17) is 4.74 Å². The van der Waals surface area contributed by atoms with Crippen molar-refractivity contribution in [3.8, 4) is 5.75 Å². The second kappa shape index (κ2) is 6.00. The van der Waals surface area contributed by atoms with Gasteiger partial charge in [-0.25, -0.2) is 0 Å². The van der Waals surface area contributed by atoms with Gasteiger partial charge in [-0.2, -0.15) is 0 Å². The average molecular weight is 257 g/mol. The van der Waals surface area contributed by atoms with Crippen LogP contribution in [0.3, 0.4) is 0 Å². The largest absolute Gasteiger partial charge is 0.497 e. The van der Waals surface area contributed by atoms with Crippen LogP contribution in [0.1, 0.15) is 17.0 Å². The Bertz CT molecular complexity index is 537. The standard InChI is InChI=1S/C15H15NO3/c1-19-13-4-2-11(3-5-13)10-14(15(17)18)12-6-8-16-9-7-12/h2-9,14H,10H2,1H3,(H,17,18). The molecule has 0 bridgehead atoms. The Morgan fingerprint density at radius 2 is 1.84 bits per heavy atom. The van der Waals surface area contributed by atoms with Crippen LogP contribution in [0.15, 0.2) is 48.8 Å². The minimum atomic E-state index is -0.831. The van der Waals surface area contributed by atoms with E-state index in [0.717, 1.165) is 16.9 Å². The van der Waals surface area contributed by atoms with Crippen molar-refractivity contribution in [3.05, 3.63) is 59.9 Å². The van der Waals surface area contributed by atoms with Gasteiger partial charge in [0.25, 0.3) is 0 Å². The predicted octanol–water partition coefficient (Wildman–Crippen LogP) is 2.50. The van der Waals surface area contributed by atoms with Gasteiger partial charge in [-0.05, 0) is 41.8 Å². The number of aromatic nitrogens is 1. The second-order valence-electron chi connectivity index (χ2n) is 4.22. The Morgan fingerprint density at radius 1 is 1.21 bits per heavy atom. The number of rotatable bonds is 5. The van der Waals surface area contributed by atoms with Crippen molar-refractivity contribution in [1.82, 2.24) is 4.98 Å². The van der Waals surface area contributed by atoms with Gasteiger partial charge in [0.2, 0.25) is 0 Å². The van der Waals surface area contributed by atoms with Crippen molar-refractivity contribution in [2.75, 3.05) is 7.11 Å². The van der Waals surface area contributed by atoms with E-state index in [1.807, 2.05) is 24.3 Å². The van der Waals surface area contributed by atoms with Gasteiger partial charge in [0.15, 0.2) is 0 Å². The molecule has 0 radical (unpaired) electrons. The normalized spacial score (nSPS) is 11.8. The molecule has 98 valence electrons. The molecule has 0 aliphatic heterocycles. The minimum Gasteiger partial charge on any atom is -0.497 e. The highest BCUT2D eigenvalue weighted by atomic mass is 16.5. The summed E-state index contributed by atoms with van der Waals surface area (Å²) in [4.78, 5) is 15.3. The Kier molecular flexibility index (Phi) is 4.13. The predicted molar refractivity (Wildman–Crippen MR) is 71.3 cm³/mol. The van der Waals surface area contributed by atoms with Crippen molar-refractivity contribution in [2.45, 2.75) is 12.3 Å². The van der Waals surface area contributed by atoms with E-state index in [1.54, 1.807) is 31.6 Å². The molecule has 1 N–H and O–H groups in total. The topological polar surface area (TPSA) is 59.4 Å². The van der Waals surface area contributed by atoms with Gasteiger partial charge in [0.05, 0.1) is 13.0 Å². The third-order valence-corrected chi connectivity index (χ3v) is 3.01. The van der Waals surface area contributed by atoms with E-state index >= 15 is 0 Å². The van der Waals surface area contributed by atoms with Crippen LogP contribution < -0.4 is 4.74 Å². The van der Waals surface area contributed by atoms with Gasteiger partial charge in [0, 0.05) is 12.4 Å². The van der Waals surface area contributed by atoms with E-state index in [0.29, 0.717) is 6.42 Å². The molecule has 1 aromatic carbocycles. The van der Waals surface area contributed by atoms with Gasteiger partial charge >= 0.3 is 5.97 Å². The summed E-state index contributed by atoms with van der Waals surface area (Å²) in [5.74, 6) is -0.627. The van der Waals surface area contributed by atoms with Gasteiger partial charge < -0.3 is 9.84 Å². The lowest BCUT2D eigenvalue weighted by Gasteiger charge is -2.12. The number of aliphatic carboxylic acids is 1. The molecule has 0 aliphatic carbocycles. The summed E-state index contributed by atoms with van der Waals surface area (Å²) in [6, 6.07) is 10.9. The first kappa shape index (κ1) is 13.1. The first-order valence-electron chi connectivity index (χ1n) is 5.96. The van der Waals surface area contributed by atoms with Gasteiger partial charge in [-0.3, -0.25) is 9.78 Å². The fraction of sp³-hybridized carbons (Fsp3) is 0.200. The number of methoxy groups -OCH3 is 1. The number of carboxylic acid groups (broad SMARTS) is 1. The van der Waals surface area contributed by atoms with Crippen LogP contribution in [-0.4, -0.2) is 23.2 Å². The first-order valence-corrected chi connectivity index (χ1v) is 5.96. The van der Waals surface area contributed by atoms with E-state index in [1.165, 1.54) is 0 Å². The molecule has 0 spiro atoms. The van der Waals surface area contributed by atoms with Crippen molar-refractivity contribution in [3.63, 3.8) is 0 Å². The Hall–Kier alpha value is -2.36. The van der Waals surface area contributed by atoms with Gasteiger partial charge in [0.1, 0.15) is 5.75 Å². The summed E-state index contributed by atoms with van der Waals surface area (Å²) < 4.78 is 5.08. The van der Waals surface area contributed by atoms with Crippen LogP contribution in [-0.2, 0) is 11.2 Å². The zero-order valence-corrected chi connectivity index (χ0v) is 10.6. The molecule has 0 saturated carbocycles. The molecule has 4 nitrogen and oxygen atoms in total. The minimum absolute atomic E-state index is 0.448. The zero-order chi connectivity index (χ0) is 13.7. The lowest BCUT2D eigenvalue weighted by Crippen LogP contribution is -2.14. The van der Waals surface area contributed by atoms with Crippen LogP contribution in [0.5, 0.6) is 5.75 Å². The molecule has 1 heterocycles. The maximum Gasteiger partial charge on any atom is 0.311 e. The van der Waals surface area contributed by atoms with Crippen molar-refractivity contribution in [2.24, 2.45) is 0 Å². The number of ether oxygens (including phenoxy) is 1. The SMILES string of the molecule is COc1ccc(CC(C(=O)O)c2ccncc2)cc1. The molecular formula is C15H15NO3. The highest BCUT2D eigenvalue weighted by Crippen LogP contribution is 2.22. The Morgan fingerprint density at radius 3 is 2.37 bits per heavy atom. The van der Waals surface area contributed by atoms with E-state index in [-0.39, 0.29) is 0 Å². The van der Waals surface area contributed by atoms with Crippen LogP contribution in [0, 0.1) is 0 Å². The molecule has 1 unspecified atom stereocenters. The van der Waals surface area contributed by atoms with Crippen LogP contribution in [0.2, 0.25) is 0 Å². The molecule has 4 heteroatoms. The Labute approximate surface area is 111 Å². The number of carboxylic acids is 1. The average Bonchev–Trinajstić information content (AvgIpc) is 2.46. The first-order chi connectivity index (χ1) is 9.20. The highest BCUT2D eigenvalue weighted by molar-refractivity contribution is 5.76. The number of benzene rings is 1. The van der Waals surface area contributed by atoms with Crippen molar-refractivity contribution < 1.29 is 14.6 Å². The fourth-order valence-corrected chi connectivity index (χ4v) is 1.94. The molecule has 19 heavy (non-hydrogen) atoms. The molecule has 0 amide bonds. The quantitative estimate of drug-likeness (QED) is 0.894. The highest BCUT2D eigenvalue weighted by Gasteiger charge is 2.20. The lowest BCUT2D eigenvalue weighted by atomic mass is 9.93. The summed E-state index contributed by atoms with van der Waals surface area (Å²) in [5.41, 5.74) is 1.73. The summed E-state index contributed by atoms with van der Waals surface area (Å²) in [7, 11) is 1.60. The molecule has 0 aliphatic rings. The molecule has 2 rings (SSSR count). The van der Waals surface area contributed by atoms with Gasteiger partial charge in [-0.15, -0.1) is 0 Å². The number of hydrogen-bond acceptors (Lipinski definition) is 3. The number of nitrogens with zero attached hydrogens (tertiary/aromatic N) is 1. The van der Waals surface area contributed by atoms with Crippen LogP contribution in [0.25, 0.3) is 0 Å². The van der Waals surface area contributed by atoms with Gasteiger partial charge in [-0.1, -0.05) is 12.1 Å². The summed E-state index contributed by atoms with van der Waals surface area (Å²) >= 11 is 0. The molecule has 1 aromatic heterocycles. The number of hydrogen-bond donors (Lipinski definition) is 1.